The van der Waals surface area contributed by atoms with E-state index in [1.54, 1.807) is 6.07 Å². The third-order valence-corrected chi connectivity index (χ3v) is 8.51. The number of likely N-dealkylation sites (tertiary alicyclic amines) is 1. The molecule has 1 aliphatic heterocycles. The zero-order chi connectivity index (χ0) is 27.3. The summed E-state index contributed by atoms with van der Waals surface area (Å²) in [6.07, 6.45) is 9.44. The van der Waals surface area contributed by atoms with Crippen molar-refractivity contribution in [1.82, 2.24) is 29.4 Å². The molecule has 4 heterocycles. The number of hydrogen-bond donors (Lipinski definition) is 1. The summed E-state index contributed by atoms with van der Waals surface area (Å²) in [7, 11) is 0. The molecule has 1 aliphatic carbocycles. The van der Waals surface area contributed by atoms with Crippen molar-refractivity contribution in [1.29, 1.82) is 0 Å². The Balaban J connectivity index is 1.23. The Bertz CT molecular complexity index is 1500. The smallest absolute Gasteiger partial charge is 0.229 e. The van der Waals surface area contributed by atoms with Crippen LogP contribution in [-0.2, 0) is 0 Å². The first-order valence-electron chi connectivity index (χ1n) is 13.9. The Morgan fingerprint density at radius 3 is 2.38 bits per heavy atom. The second-order valence-electron chi connectivity index (χ2n) is 11.4. The molecule has 1 unspecified atom stereocenters. The molecule has 1 aromatic carbocycles. The fourth-order valence-corrected chi connectivity index (χ4v) is 6.17. The van der Waals surface area contributed by atoms with E-state index in [2.05, 4.69) is 43.1 Å². The van der Waals surface area contributed by atoms with Gasteiger partial charge in [0.05, 0.1) is 11.7 Å². The van der Waals surface area contributed by atoms with Gasteiger partial charge in [-0.2, -0.15) is 0 Å². The maximum atomic E-state index is 15.0. The van der Waals surface area contributed by atoms with E-state index < -0.39 is 11.6 Å². The van der Waals surface area contributed by atoms with Crippen LogP contribution >= 0.6 is 0 Å². The van der Waals surface area contributed by atoms with Gasteiger partial charge in [-0.1, -0.05) is 13.0 Å². The Kier molecular flexibility index (Phi) is 6.57. The lowest BCUT2D eigenvalue weighted by molar-refractivity contribution is 0.120. The predicted molar refractivity (Wildman–Crippen MR) is 149 cm³/mol. The molecule has 2 fully saturated rings. The van der Waals surface area contributed by atoms with Crippen LogP contribution in [0.2, 0.25) is 0 Å². The van der Waals surface area contributed by atoms with Gasteiger partial charge in [0.1, 0.15) is 22.9 Å². The number of fused-ring (bicyclic) bond motifs is 1. The predicted octanol–water partition coefficient (Wildman–Crippen LogP) is 7.13. The van der Waals surface area contributed by atoms with Gasteiger partial charge in [0, 0.05) is 23.8 Å². The average Bonchev–Trinajstić information content (AvgIpc) is 3.58. The highest BCUT2D eigenvalue weighted by Crippen LogP contribution is 2.54. The number of piperidine rings is 1. The molecule has 0 radical (unpaired) electrons. The van der Waals surface area contributed by atoms with Gasteiger partial charge in [-0.25, -0.2) is 28.7 Å². The van der Waals surface area contributed by atoms with E-state index in [0.717, 1.165) is 25.7 Å². The summed E-state index contributed by atoms with van der Waals surface area (Å²) in [4.78, 5) is 20.1. The molecule has 9 heteroatoms. The topological polar surface area (TPSA) is 71.8 Å². The number of hydrogen-bond acceptors (Lipinski definition) is 6. The molecule has 7 nitrogen and oxygen atoms in total. The van der Waals surface area contributed by atoms with E-state index >= 15 is 4.39 Å². The molecule has 1 saturated heterocycles. The highest BCUT2D eigenvalue weighted by atomic mass is 19.1. The second kappa shape index (κ2) is 9.93. The monoisotopic (exact) mass is 531 g/mol. The van der Waals surface area contributed by atoms with E-state index in [-0.39, 0.29) is 23.2 Å². The van der Waals surface area contributed by atoms with Crippen LogP contribution in [0.15, 0.2) is 36.7 Å². The number of nitrogens with one attached hydrogen (secondary N) is 1. The van der Waals surface area contributed by atoms with E-state index in [4.69, 9.17) is 0 Å². The van der Waals surface area contributed by atoms with Gasteiger partial charge in [0.15, 0.2) is 11.6 Å². The van der Waals surface area contributed by atoms with Crippen LogP contribution in [0.4, 0.5) is 20.5 Å². The van der Waals surface area contributed by atoms with Crippen molar-refractivity contribution < 1.29 is 8.78 Å². The van der Waals surface area contributed by atoms with Crippen molar-refractivity contribution in [3.8, 4) is 11.3 Å². The van der Waals surface area contributed by atoms with Crippen LogP contribution in [0, 0.1) is 24.0 Å². The molecule has 0 bridgehead atoms. The van der Waals surface area contributed by atoms with Crippen LogP contribution in [0.1, 0.15) is 76.3 Å². The minimum Gasteiger partial charge on any atom is -0.326 e. The fraction of sp³-hybridized carbons (Fsp3) is 0.467. The van der Waals surface area contributed by atoms with E-state index in [9.17, 15) is 4.39 Å². The highest BCUT2D eigenvalue weighted by molar-refractivity contribution is 5.83. The van der Waals surface area contributed by atoms with Crippen molar-refractivity contribution in [3.63, 3.8) is 0 Å². The Labute approximate surface area is 227 Å². The molecule has 39 heavy (non-hydrogen) atoms. The number of imidazole rings is 1. The summed E-state index contributed by atoms with van der Waals surface area (Å²) >= 11 is 0. The molecule has 1 saturated carbocycles. The van der Waals surface area contributed by atoms with Crippen molar-refractivity contribution in [2.45, 2.75) is 71.9 Å². The molecule has 6 rings (SSSR count). The Morgan fingerprint density at radius 1 is 0.974 bits per heavy atom. The lowest BCUT2D eigenvalue weighted by atomic mass is 9.91. The number of aromatic nitrogens is 5. The maximum Gasteiger partial charge on any atom is 0.229 e. The first-order valence-corrected chi connectivity index (χ1v) is 13.9. The van der Waals surface area contributed by atoms with Gasteiger partial charge >= 0.3 is 0 Å². The summed E-state index contributed by atoms with van der Waals surface area (Å²) in [5.41, 5.74) is 3.06. The minimum atomic E-state index is -0.629. The van der Waals surface area contributed by atoms with Crippen LogP contribution in [-0.4, -0.2) is 42.5 Å². The average molecular weight is 532 g/mol. The molecule has 0 amide bonds. The van der Waals surface area contributed by atoms with Crippen molar-refractivity contribution in [2.24, 2.45) is 5.41 Å². The standard InChI is InChI=1S/C30H35F2N7/c1-5-24(38-12-10-30(8-9-30)11-13-38)20-6-7-26(33-16-20)36-29-34-17-23(32)27(37-29)21-14-22(31)28-25(15-21)39(18(2)3)19(4)35-28/h6-7,14-18,24H,5,8-13H2,1-4H3,(H,33,34,36,37). The van der Waals surface area contributed by atoms with Gasteiger partial charge in [0.25, 0.3) is 0 Å². The Hall–Kier alpha value is -3.46. The molecular weight excluding hydrogens is 496 g/mol. The highest BCUT2D eigenvalue weighted by Gasteiger charge is 2.45. The molecule has 204 valence electrons. The molecule has 1 atom stereocenters. The Morgan fingerprint density at radius 2 is 1.74 bits per heavy atom. The lowest BCUT2D eigenvalue weighted by Crippen LogP contribution is -2.37. The van der Waals surface area contributed by atoms with Gasteiger partial charge in [0.2, 0.25) is 5.95 Å². The zero-order valence-electron chi connectivity index (χ0n) is 23.0. The number of anilines is 2. The summed E-state index contributed by atoms with van der Waals surface area (Å²) in [5, 5.41) is 3.08. The molecular formula is C30H35F2N7. The number of rotatable bonds is 7. The maximum absolute atomic E-state index is 15.0. The minimum absolute atomic E-state index is 0.0173. The van der Waals surface area contributed by atoms with Crippen molar-refractivity contribution in [3.05, 3.63) is 59.7 Å². The summed E-state index contributed by atoms with van der Waals surface area (Å²) in [5.74, 6) is 0.320. The van der Waals surface area contributed by atoms with Crippen molar-refractivity contribution in [2.75, 3.05) is 18.4 Å². The summed E-state index contributed by atoms with van der Waals surface area (Å²) in [6.45, 7) is 10.4. The van der Waals surface area contributed by atoms with Gasteiger partial charge < -0.3 is 9.88 Å². The number of halogens is 2. The largest absolute Gasteiger partial charge is 0.326 e. The number of pyridine rings is 1. The van der Waals surface area contributed by atoms with Crippen molar-refractivity contribution >= 4 is 22.8 Å². The molecule has 1 spiro atoms. The fourth-order valence-electron chi connectivity index (χ4n) is 6.17. The number of nitrogens with zero attached hydrogens (tertiary/aromatic N) is 6. The molecule has 2 aliphatic rings. The SMILES string of the molecule is CCC(c1ccc(Nc2ncc(F)c(-c3cc(F)c4nc(C)n(C(C)C)c4c3)n2)nc1)N1CCC2(CC1)CC2. The number of aryl methyl sites for hydroxylation is 1. The van der Waals surface area contributed by atoms with E-state index in [1.165, 1.54) is 37.3 Å². The third-order valence-electron chi connectivity index (χ3n) is 8.51. The summed E-state index contributed by atoms with van der Waals surface area (Å²) in [6, 6.07) is 7.43. The van der Waals surface area contributed by atoms with Crippen LogP contribution in [0.5, 0.6) is 0 Å². The first kappa shape index (κ1) is 25.8. The summed E-state index contributed by atoms with van der Waals surface area (Å²) < 4.78 is 31.8. The van der Waals surface area contributed by atoms with Gasteiger partial charge in [-0.05, 0) is 95.1 Å². The van der Waals surface area contributed by atoms with E-state index in [0.29, 0.717) is 34.2 Å². The van der Waals surface area contributed by atoms with Gasteiger partial charge in [-0.15, -0.1) is 0 Å². The van der Waals surface area contributed by atoms with Crippen LogP contribution in [0.3, 0.4) is 0 Å². The second-order valence-corrected chi connectivity index (χ2v) is 11.4. The molecule has 3 aromatic heterocycles. The quantitative estimate of drug-likeness (QED) is 0.274. The van der Waals surface area contributed by atoms with Crippen LogP contribution in [0.25, 0.3) is 22.3 Å². The molecule has 4 aromatic rings. The van der Waals surface area contributed by atoms with E-state index in [1.807, 2.05) is 37.6 Å². The normalized spacial score (nSPS) is 17.7. The zero-order valence-corrected chi connectivity index (χ0v) is 23.0. The van der Waals surface area contributed by atoms with Crippen LogP contribution < -0.4 is 5.32 Å². The lowest BCUT2D eigenvalue weighted by Gasteiger charge is -2.37. The first-order chi connectivity index (χ1) is 18.8. The number of benzene rings is 1. The van der Waals surface area contributed by atoms with Gasteiger partial charge in [-0.3, -0.25) is 4.90 Å². The third kappa shape index (κ3) is 4.88. The molecule has 1 N–H and O–H groups in total.